The summed E-state index contributed by atoms with van der Waals surface area (Å²) >= 11 is 0. The lowest BCUT2D eigenvalue weighted by Gasteiger charge is -2.09. The number of rotatable bonds is 9. The Balaban J connectivity index is 1.63. The van der Waals surface area contributed by atoms with Gasteiger partial charge < -0.3 is 18.9 Å². The highest BCUT2D eigenvalue weighted by molar-refractivity contribution is 5.71. The normalized spacial score (nSPS) is 10.1. The largest absolute Gasteiger partial charge is 0.497 e. The molecule has 0 aliphatic rings. The molecule has 0 amide bonds. The Morgan fingerprint density at radius 3 is 2.38 bits per heavy atom. The Hall–Kier alpha value is -2.69. The van der Waals surface area contributed by atoms with E-state index >= 15 is 0 Å². The number of ether oxygens (including phenoxy) is 4. The summed E-state index contributed by atoms with van der Waals surface area (Å²) in [5.41, 5.74) is 1.21. The molecule has 5 nitrogen and oxygen atoms in total. The van der Waals surface area contributed by atoms with Crippen molar-refractivity contribution in [1.29, 1.82) is 0 Å². The zero-order valence-electron chi connectivity index (χ0n) is 14.0. The first-order valence-electron chi connectivity index (χ1n) is 7.85. The van der Waals surface area contributed by atoms with E-state index in [1.54, 1.807) is 31.4 Å². The molecular weight excluding hydrogens is 308 g/mol. The summed E-state index contributed by atoms with van der Waals surface area (Å²) in [6.07, 6.45) is 0.953. The van der Waals surface area contributed by atoms with Crippen LogP contribution in [-0.4, -0.2) is 32.9 Å². The van der Waals surface area contributed by atoms with Crippen molar-refractivity contribution >= 4 is 5.97 Å². The van der Waals surface area contributed by atoms with E-state index in [-0.39, 0.29) is 13.2 Å². The summed E-state index contributed by atoms with van der Waals surface area (Å²) in [7, 11) is 1.59. The van der Waals surface area contributed by atoms with Crippen molar-refractivity contribution in [3.05, 3.63) is 54.1 Å². The van der Waals surface area contributed by atoms with E-state index in [9.17, 15) is 4.79 Å². The molecule has 0 aliphatic carbocycles. The van der Waals surface area contributed by atoms with Gasteiger partial charge in [0.15, 0.2) is 6.61 Å². The van der Waals surface area contributed by atoms with Crippen LogP contribution in [0.15, 0.2) is 48.5 Å². The highest BCUT2D eigenvalue weighted by atomic mass is 16.6. The van der Waals surface area contributed by atoms with E-state index in [4.69, 9.17) is 18.9 Å². The van der Waals surface area contributed by atoms with Gasteiger partial charge in [-0.3, -0.25) is 0 Å². The summed E-state index contributed by atoms with van der Waals surface area (Å²) in [5.74, 6) is 1.66. The smallest absolute Gasteiger partial charge is 0.344 e. The SMILES string of the molecule is CCc1cccc(OCCOC(=O)COc2ccc(OC)cc2)c1. The first kappa shape index (κ1) is 17.7. The molecule has 0 atom stereocenters. The minimum Gasteiger partial charge on any atom is -0.497 e. The number of esters is 1. The third kappa shape index (κ3) is 5.83. The molecule has 0 bridgehead atoms. The van der Waals surface area contributed by atoms with Gasteiger partial charge in [0.2, 0.25) is 0 Å². The van der Waals surface area contributed by atoms with Crippen LogP contribution < -0.4 is 14.2 Å². The van der Waals surface area contributed by atoms with Crippen molar-refractivity contribution in [3.8, 4) is 17.2 Å². The van der Waals surface area contributed by atoms with Crippen LogP contribution in [0.4, 0.5) is 0 Å². The molecule has 0 fully saturated rings. The van der Waals surface area contributed by atoms with Crippen LogP contribution in [0, 0.1) is 0 Å². The molecule has 0 heterocycles. The van der Waals surface area contributed by atoms with Crippen LogP contribution in [0.25, 0.3) is 0 Å². The molecule has 0 aromatic heterocycles. The number of hydrogen-bond donors (Lipinski definition) is 0. The van der Waals surface area contributed by atoms with Crippen molar-refractivity contribution in [2.75, 3.05) is 26.9 Å². The molecule has 0 radical (unpaired) electrons. The Labute approximate surface area is 142 Å². The summed E-state index contributed by atoms with van der Waals surface area (Å²) in [6.45, 7) is 2.43. The summed E-state index contributed by atoms with van der Waals surface area (Å²) in [4.78, 5) is 11.6. The lowest BCUT2D eigenvalue weighted by Crippen LogP contribution is -2.18. The van der Waals surface area contributed by atoms with Crippen LogP contribution >= 0.6 is 0 Å². The number of carbonyl (C=O) groups is 1. The van der Waals surface area contributed by atoms with E-state index in [0.717, 1.165) is 17.9 Å². The Morgan fingerprint density at radius 2 is 1.67 bits per heavy atom. The highest BCUT2D eigenvalue weighted by Gasteiger charge is 2.05. The van der Waals surface area contributed by atoms with Gasteiger partial charge in [-0.25, -0.2) is 4.79 Å². The van der Waals surface area contributed by atoms with Crippen molar-refractivity contribution in [2.24, 2.45) is 0 Å². The maximum Gasteiger partial charge on any atom is 0.344 e. The van der Waals surface area contributed by atoms with E-state index in [0.29, 0.717) is 12.4 Å². The Bertz CT molecular complexity index is 636. The van der Waals surface area contributed by atoms with Gasteiger partial charge in [0.1, 0.15) is 30.5 Å². The third-order valence-electron chi connectivity index (χ3n) is 3.34. The molecule has 0 spiro atoms. The standard InChI is InChI=1S/C19H22O5/c1-3-15-5-4-6-18(13-15)22-11-12-23-19(20)14-24-17-9-7-16(21-2)8-10-17/h4-10,13H,3,11-12,14H2,1-2H3. The van der Waals surface area contributed by atoms with Gasteiger partial charge in [-0.2, -0.15) is 0 Å². The van der Waals surface area contributed by atoms with Gasteiger partial charge in [0.05, 0.1) is 7.11 Å². The van der Waals surface area contributed by atoms with Gasteiger partial charge in [-0.15, -0.1) is 0 Å². The zero-order valence-corrected chi connectivity index (χ0v) is 14.0. The average molecular weight is 330 g/mol. The molecule has 5 heteroatoms. The minimum atomic E-state index is -0.434. The average Bonchev–Trinajstić information content (AvgIpc) is 2.64. The summed E-state index contributed by atoms with van der Waals surface area (Å²) in [6, 6.07) is 14.8. The number of carbonyl (C=O) groups excluding carboxylic acids is 1. The van der Waals surface area contributed by atoms with Gasteiger partial charge in [-0.1, -0.05) is 19.1 Å². The van der Waals surface area contributed by atoms with Crippen LogP contribution in [0.3, 0.4) is 0 Å². The molecule has 2 aromatic rings. The fourth-order valence-corrected chi connectivity index (χ4v) is 2.03. The van der Waals surface area contributed by atoms with Gasteiger partial charge in [-0.05, 0) is 48.4 Å². The van der Waals surface area contributed by atoms with Gasteiger partial charge in [0, 0.05) is 0 Å². The van der Waals surface area contributed by atoms with Crippen molar-refractivity contribution < 1.29 is 23.7 Å². The predicted molar refractivity (Wildman–Crippen MR) is 90.8 cm³/mol. The molecule has 0 saturated heterocycles. The van der Waals surface area contributed by atoms with Crippen LogP contribution in [0.5, 0.6) is 17.2 Å². The van der Waals surface area contributed by atoms with Crippen LogP contribution in [0.1, 0.15) is 12.5 Å². The lowest BCUT2D eigenvalue weighted by atomic mass is 10.2. The first-order chi connectivity index (χ1) is 11.7. The van der Waals surface area contributed by atoms with Crippen molar-refractivity contribution in [2.45, 2.75) is 13.3 Å². The highest BCUT2D eigenvalue weighted by Crippen LogP contribution is 2.17. The molecule has 2 aromatic carbocycles. The van der Waals surface area contributed by atoms with Gasteiger partial charge >= 0.3 is 5.97 Å². The molecule has 24 heavy (non-hydrogen) atoms. The molecule has 0 saturated carbocycles. The summed E-state index contributed by atoms with van der Waals surface area (Å²) in [5, 5.41) is 0. The second-order valence-corrected chi connectivity index (χ2v) is 5.03. The fourth-order valence-electron chi connectivity index (χ4n) is 2.03. The zero-order chi connectivity index (χ0) is 17.2. The second-order valence-electron chi connectivity index (χ2n) is 5.03. The monoisotopic (exact) mass is 330 g/mol. The van der Waals surface area contributed by atoms with Crippen molar-refractivity contribution in [3.63, 3.8) is 0 Å². The Kier molecular flexibility index (Phi) is 6.95. The molecule has 128 valence electrons. The number of benzene rings is 2. The van der Waals surface area contributed by atoms with Crippen molar-refractivity contribution in [1.82, 2.24) is 0 Å². The van der Waals surface area contributed by atoms with E-state index < -0.39 is 5.97 Å². The number of aryl methyl sites for hydroxylation is 1. The molecule has 0 aliphatic heterocycles. The van der Waals surface area contributed by atoms with E-state index in [1.807, 2.05) is 24.3 Å². The van der Waals surface area contributed by atoms with Gasteiger partial charge in [0.25, 0.3) is 0 Å². The first-order valence-corrected chi connectivity index (χ1v) is 7.85. The van der Waals surface area contributed by atoms with E-state index in [2.05, 4.69) is 6.92 Å². The Morgan fingerprint density at radius 1 is 0.917 bits per heavy atom. The number of methoxy groups -OCH3 is 1. The summed E-state index contributed by atoms with van der Waals surface area (Å²) < 4.78 is 21.0. The quantitative estimate of drug-likeness (QED) is 0.522. The minimum absolute atomic E-state index is 0.141. The van der Waals surface area contributed by atoms with E-state index in [1.165, 1.54) is 5.56 Å². The number of hydrogen-bond acceptors (Lipinski definition) is 5. The second kappa shape index (κ2) is 9.45. The predicted octanol–water partition coefficient (Wildman–Crippen LogP) is 3.26. The molecule has 0 N–H and O–H groups in total. The maximum absolute atomic E-state index is 11.6. The molecule has 2 rings (SSSR count). The topological polar surface area (TPSA) is 54.0 Å². The van der Waals surface area contributed by atoms with Crippen LogP contribution in [0.2, 0.25) is 0 Å². The van der Waals surface area contributed by atoms with Crippen LogP contribution in [-0.2, 0) is 16.0 Å². The molecular formula is C19H22O5. The maximum atomic E-state index is 11.6. The third-order valence-corrected chi connectivity index (χ3v) is 3.34. The lowest BCUT2D eigenvalue weighted by molar-refractivity contribution is -0.146. The molecule has 0 unspecified atom stereocenters. The fraction of sp³-hybridized carbons (Fsp3) is 0.316.